The molecule has 2 atom stereocenters. The van der Waals surface area contributed by atoms with Crippen molar-refractivity contribution in [2.45, 2.75) is 70.9 Å². The van der Waals surface area contributed by atoms with Gasteiger partial charge < -0.3 is 10.6 Å². The van der Waals surface area contributed by atoms with Crippen molar-refractivity contribution in [3.63, 3.8) is 0 Å². The molecule has 0 bridgehead atoms. The molecule has 2 saturated carbocycles. The fourth-order valence-electron chi connectivity index (χ4n) is 3.50. The van der Waals surface area contributed by atoms with Crippen molar-refractivity contribution >= 4 is 5.91 Å². The standard InChI is InChI=1S/C15H28N2O/c1-11(2)10-17(14-5-3-4-6-14)15(18)12-7-8-13(16)9-12/h11-14H,3-10,16H2,1-2H3. The average Bonchev–Trinajstić information content (AvgIpc) is 2.95. The molecule has 2 N–H and O–H groups in total. The van der Waals surface area contributed by atoms with E-state index in [4.69, 9.17) is 5.73 Å². The molecule has 2 aliphatic carbocycles. The molecule has 0 saturated heterocycles. The highest BCUT2D eigenvalue weighted by Crippen LogP contribution is 2.30. The van der Waals surface area contributed by atoms with Crippen LogP contribution in [0.5, 0.6) is 0 Å². The number of carbonyl (C=O) groups excluding carboxylic acids is 1. The highest BCUT2D eigenvalue weighted by Gasteiger charge is 2.34. The first-order valence-corrected chi connectivity index (χ1v) is 7.64. The van der Waals surface area contributed by atoms with E-state index in [1.165, 1.54) is 25.7 Å². The predicted octanol–water partition coefficient (Wildman–Crippen LogP) is 2.54. The lowest BCUT2D eigenvalue weighted by Crippen LogP contribution is -2.44. The van der Waals surface area contributed by atoms with Gasteiger partial charge in [-0.3, -0.25) is 4.79 Å². The molecule has 2 rings (SSSR count). The number of nitrogens with two attached hydrogens (primary N) is 1. The minimum absolute atomic E-state index is 0.208. The summed E-state index contributed by atoms with van der Waals surface area (Å²) in [6.45, 7) is 5.33. The van der Waals surface area contributed by atoms with Crippen molar-refractivity contribution in [1.29, 1.82) is 0 Å². The third kappa shape index (κ3) is 3.25. The Morgan fingerprint density at radius 1 is 1.22 bits per heavy atom. The minimum atomic E-state index is 0.208. The first-order valence-electron chi connectivity index (χ1n) is 7.64. The Hall–Kier alpha value is -0.570. The van der Waals surface area contributed by atoms with Crippen LogP contribution in [0.2, 0.25) is 0 Å². The highest BCUT2D eigenvalue weighted by atomic mass is 16.2. The third-order valence-electron chi connectivity index (χ3n) is 4.43. The molecule has 104 valence electrons. The zero-order chi connectivity index (χ0) is 13.1. The molecule has 0 aromatic carbocycles. The van der Waals surface area contributed by atoms with Crippen LogP contribution in [0.25, 0.3) is 0 Å². The van der Waals surface area contributed by atoms with Crippen LogP contribution in [0, 0.1) is 11.8 Å². The van der Waals surface area contributed by atoms with Crippen molar-refractivity contribution < 1.29 is 4.79 Å². The number of nitrogens with zero attached hydrogens (tertiary/aromatic N) is 1. The summed E-state index contributed by atoms with van der Waals surface area (Å²) in [6, 6.07) is 0.764. The molecule has 2 unspecified atom stereocenters. The summed E-state index contributed by atoms with van der Waals surface area (Å²) in [5.74, 6) is 1.16. The highest BCUT2D eigenvalue weighted by molar-refractivity contribution is 5.79. The maximum Gasteiger partial charge on any atom is 0.225 e. The van der Waals surface area contributed by atoms with Crippen molar-refractivity contribution in [1.82, 2.24) is 4.90 Å². The number of hydrogen-bond acceptors (Lipinski definition) is 2. The van der Waals surface area contributed by atoms with Crippen LogP contribution in [0.3, 0.4) is 0 Å². The molecule has 1 amide bonds. The third-order valence-corrected chi connectivity index (χ3v) is 4.43. The van der Waals surface area contributed by atoms with Gasteiger partial charge in [0.05, 0.1) is 0 Å². The first-order chi connectivity index (χ1) is 8.58. The Balaban J connectivity index is 2.00. The average molecular weight is 252 g/mol. The van der Waals surface area contributed by atoms with E-state index in [1.54, 1.807) is 0 Å². The molecule has 2 fully saturated rings. The molecule has 0 spiro atoms. The van der Waals surface area contributed by atoms with Crippen molar-refractivity contribution in [2.75, 3.05) is 6.54 Å². The van der Waals surface area contributed by atoms with Crippen LogP contribution in [-0.2, 0) is 4.79 Å². The summed E-state index contributed by atoms with van der Waals surface area (Å²) >= 11 is 0. The number of rotatable bonds is 4. The van der Waals surface area contributed by atoms with Crippen LogP contribution < -0.4 is 5.73 Å². The van der Waals surface area contributed by atoms with E-state index in [9.17, 15) is 4.79 Å². The smallest absolute Gasteiger partial charge is 0.225 e. The molecule has 0 radical (unpaired) electrons. The molecular formula is C15H28N2O. The second kappa shape index (κ2) is 6.05. The van der Waals surface area contributed by atoms with Gasteiger partial charge in [0.15, 0.2) is 0 Å². The molecule has 0 aliphatic heterocycles. The van der Waals surface area contributed by atoms with Gasteiger partial charge in [0, 0.05) is 24.5 Å². The zero-order valence-electron chi connectivity index (χ0n) is 11.9. The molecule has 18 heavy (non-hydrogen) atoms. The van der Waals surface area contributed by atoms with E-state index < -0.39 is 0 Å². The summed E-state index contributed by atoms with van der Waals surface area (Å²) in [5.41, 5.74) is 5.95. The molecule has 0 heterocycles. The largest absolute Gasteiger partial charge is 0.339 e. The van der Waals surface area contributed by atoms with E-state index in [-0.39, 0.29) is 12.0 Å². The van der Waals surface area contributed by atoms with Gasteiger partial charge in [0.1, 0.15) is 0 Å². The van der Waals surface area contributed by atoms with Gasteiger partial charge in [-0.2, -0.15) is 0 Å². The first kappa shape index (κ1) is 13.9. The fourth-order valence-corrected chi connectivity index (χ4v) is 3.50. The molecule has 2 aliphatic rings. The van der Waals surface area contributed by atoms with Gasteiger partial charge >= 0.3 is 0 Å². The maximum absolute atomic E-state index is 12.7. The Bertz CT molecular complexity index is 284. The maximum atomic E-state index is 12.7. The van der Waals surface area contributed by atoms with Gasteiger partial charge in [-0.05, 0) is 38.0 Å². The predicted molar refractivity (Wildman–Crippen MR) is 74.1 cm³/mol. The Kier molecular flexibility index (Phi) is 4.66. The number of carbonyl (C=O) groups is 1. The summed E-state index contributed by atoms with van der Waals surface area (Å²) in [4.78, 5) is 14.9. The molecule has 3 nitrogen and oxygen atoms in total. The van der Waals surface area contributed by atoms with E-state index in [2.05, 4.69) is 18.7 Å². The molecule has 0 aromatic rings. The molecule has 3 heteroatoms. The monoisotopic (exact) mass is 252 g/mol. The minimum Gasteiger partial charge on any atom is -0.339 e. The Morgan fingerprint density at radius 2 is 1.89 bits per heavy atom. The second-order valence-corrected chi connectivity index (χ2v) is 6.59. The summed E-state index contributed by atoms with van der Waals surface area (Å²) in [5, 5.41) is 0. The number of hydrogen-bond donors (Lipinski definition) is 1. The van der Waals surface area contributed by atoms with Gasteiger partial charge in [0.25, 0.3) is 0 Å². The number of amides is 1. The van der Waals surface area contributed by atoms with Gasteiger partial charge in [-0.1, -0.05) is 26.7 Å². The Morgan fingerprint density at radius 3 is 2.39 bits per heavy atom. The SMILES string of the molecule is CC(C)CN(C(=O)C1CCC(N)C1)C1CCCC1. The van der Waals surface area contributed by atoms with Crippen LogP contribution in [0.4, 0.5) is 0 Å². The van der Waals surface area contributed by atoms with Crippen LogP contribution >= 0.6 is 0 Å². The summed E-state index contributed by atoms with van der Waals surface area (Å²) in [6.07, 6.45) is 7.92. The van der Waals surface area contributed by atoms with Gasteiger partial charge in [-0.25, -0.2) is 0 Å². The van der Waals surface area contributed by atoms with Gasteiger partial charge in [-0.15, -0.1) is 0 Å². The van der Waals surface area contributed by atoms with Crippen LogP contribution in [0.1, 0.15) is 58.8 Å². The van der Waals surface area contributed by atoms with Crippen LogP contribution in [-0.4, -0.2) is 29.4 Å². The van der Waals surface area contributed by atoms with Crippen LogP contribution in [0.15, 0.2) is 0 Å². The molecular weight excluding hydrogens is 224 g/mol. The van der Waals surface area contributed by atoms with E-state index in [1.807, 2.05) is 0 Å². The lowest BCUT2D eigenvalue weighted by atomic mass is 10.0. The fraction of sp³-hybridized carbons (Fsp3) is 0.933. The Labute approximate surface area is 111 Å². The summed E-state index contributed by atoms with van der Waals surface area (Å²) in [7, 11) is 0. The summed E-state index contributed by atoms with van der Waals surface area (Å²) < 4.78 is 0. The quantitative estimate of drug-likeness (QED) is 0.835. The second-order valence-electron chi connectivity index (χ2n) is 6.59. The lowest BCUT2D eigenvalue weighted by Gasteiger charge is -2.33. The van der Waals surface area contributed by atoms with Crippen molar-refractivity contribution in [3.8, 4) is 0 Å². The normalized spacial score (nSPS) is 29.1. The molecule has 0 aromatic heterocycles. The lowest BCUT2D eigenvalue weighted by molar-refractivity contribution is -0.138. The topological polar surface area (TPSA) is 46.3 Å². The zero-order valence-corrected chi connectivity index (χ0v) is 11.9. The van der Waals surface area contributed by atoms with E-state index >= 15 is 0 Å². The van der Waals surface area contributed by atoms with E-state index in [0.717, 1.165) is 25.8 Å². The van der Waals surface area contributed by atoms with Crippen molar-refractivity contribution in [3.05, 3.63) is 0 Å². The van der Waals surface area contributed by atoms with Crippen molar-refractivity contribution in [2.24, 2.45) is 17.6 Å². The van der Waals surface area contributed by atoms with Gasteiger partial charge in [0.2, 0.25) is 5.91 Å². The van der Waals surface area contributed by atoms with E-state index in [0.29, 0.717) is 17.9 Å².